The lowest BCUT2D eigenvalue weighted by molar-refractivity contribution is 0.370. The molecule has 60 valence electrons. The van der Waals surface area contributed by atoms with Crippen molar-refractivity contribution in [1.29, 1.82) is 5.26 Å². The Kier molecular flexibility index (Phi) is 1.45. The Hall–Kier alpha value is -0.510. The van der Waals surface area contributed by atoms with Gasteiger partial charge in [-0.25, -0.2) is 0 Å². The third-order valence-corrected chi connectivity index (χ3v) is 3.66. The van der Waals surface area contributed by atoms with Crippen LogP contribution in [-0.2, 0) is 0 Å². The average Bonchev–Trinajstić information content (AvgIpc) is 2.55. The van der Waals surface area contributed by atoms with E-state index in [4.69, 9.17) is 5.26 Å². The molecule has 0 heterocycles. The fourth-order valence-electron chi connectivity index (χ4n) is 2.70. The number of nitriles is 1. The minimum Gasteiger partial charge on any atom is -0.198 e. The van der Waals surface area contributed by atoms with E-state index in [1.807, 2.05) is 0 Å². The maximum atomic E-state index is 9.04. The lowest BCUT2D eigenvalue weighted by atomic mass is 9.87. The summed E-state index contributed by atoms with van der Waals surface area (Å²) in [6.07, 6.45) is 6.53. The zero-order valence-corrected chi connectivity index (χ0v) is 7.14. The van der Waals surface area contributed by atoms with Crippen molar-refractivity contribution >= 4 is 0 Å². The van der Waals surface area contributed by atoms with Crippen LogP contribution < -0.4 is 0 Å². The van der Waals surface area contributed by atoms with Gasteiger partial charge >= 0.3 is 0 Å². The molecule has 2 fully saturated rings. The second kappa shape index (κ2) is 2.24. The Balaban J connectivity index is 2.09. The molecule has 0 radical (unpaired) electrons. The molecule has 0 aromatic rings. The van der Waals surface area contributed by atoms with Crippen LogP contribution in [0.15, 0.2) is 0 Å². The van der Waals surface area contributed by atoms with E-state index in [1.165, 1.54) is 32.1 Å². The molecule has 2 aliphatic carbocycles. The molecule has 2 saturated carbocycles. The van der Waals surface area contributed by atoms with E-state index in [0.29, 0.717) is 5.92 Å². The van der Waals surface area contributed by atoms with Crippen LogP contribution in [0.4, 0.5) is 0 Å². The van der Waals surface area contributed by atoms with Crippen molar-refractivity contribution in [2.45, 2.75) is 39.0 Å². The lowest BCUT2D eigenvalue weighted by Crippen LogP contribution is -2.12. The molecule has 2 aliphatic rings. The van der Waals surface area contributed by atoms with Crippen LogP contribution in [0.25, 0.3) is 0 Å². The maximum Gasteiger partial charge on any atom is 0.0695 e. The van der Waals surface area contributed by atoms with Gasteiger partial charge in [0.15, 0.2) is 0 Å². The lowest BCUT2D eigenvalue weighted by Gasteiger charge is -2.14. The Morgan fingerprint density at radius 3 is 2.27 bits per heavy atom. The van der Waals surface area contributed by atoms with Gasteiger partial charge in [-0.1, -0.05) is 19.8 Å². The largest absolute Gasteiger partial charge is 0.198 e. The molecule has 0 saturated heterocycles. The van der Waals surface area contributed by atoms with Crippen molar-refractivity contribution < 1.29 is 0 Å². The van der Waals surface area contributed by atoms with Crippen molar-refractivity contribution in [1.82, 2.24) is 0 Å². The van der Waals surface area contributed by atoms with Gasteiger partial charge in [0.1, 0.15) is 0 Å². The first-order valence-corrected chi connectivity index (χ1v) is 4.71. The molecule has 2 atom stereocenters. The topological polar surface area (TPSA) is 23.8 Å². The van der Waals surface area contributed by atoms with Gasteiger partial charge in [-0.05, 0) is 31.1 Å². The monoisotopic (exact) mass is 149 g/mol. The summed E-state index contributed by atoms with van der Waals surface area (Å²) in [5, 5.41) is 9.04. The SMILES string of the molecule is CC1CC1(C#N)C1CCCC1. The summed E-state index contributed by atoms with van der Waals surface area (Å²) >= 11 is 0. The zero-order chi connectivity index (χ0) is 7.90. The molecule has 2 unspecified atom stereocenters. The van der Waals surface area contributed by atoms with Crippen molar-refractivity contribution in [3.63, 3.8) is 0 Å². The Bertz CT molecular complexity index is 197. The molecule has 1 heteroatoms. The van der Waals surface area contributed by atoms with Gasteiger partial charge in [-0.15, -0.1) is 0 Å². The predicted molar refractivity (Wildman–Crippen MR) is 43.8 cm³/mol. The molecule has 0 aliphatic heterocycles. The van der Waals surface area contributed by atoms with E-state index >= 15 is 0 Å². The molecular weight excluding hydrogens is 134 g/mol. The minimum absolute atomic E-state index is 0.135. The average molecular weight is 149 g/mol. The fourth-order valence-corrected chi connectivity index (χ4v) is 2.70. The molecule has 0 aromatic carbocycles. The highest BCUT2D eigenvalue weighted by molar-refractivity contribution is 5.17. The van der Waals surface area contributed by atoms with Crippen LogP contribution in [-0.4, -0.2) is 0 Å². The molecule has 11 heavy (non-hydrogen) atoms. The van der Waals surface area contributed by atoms with Gasteiger partial charge in [0.05, 0.1) is 11.5 Å². The third-order valence-electron chi connectivity index (χ3n) is 3.66. The molecule has 0 bridgehead atoms. The second-order valence-electron chi connectivity index (χ2n) is 4.24. The summed E-state index contributed by atoms with van der Waals surface area (Å²) in [4.78, 5) is 0. The molecular formula is C10H15N. The smallest absolute Gasteiger partial charge is 0.0695 e. The Morgan fingerprint density at radius 1 is 1.36 bits per heavy atom. The van der Waals surface area contributed by atoms with Crippen molar-refractivity contribution in [3.05, 3.63) is 0 Å². The highest BCUT2D eigenvalue weighted by atomic mass is 14.6. The van der Waals surface area contributed by atoms with E-state index in [1.54, 1.807) is 0 Å². The van der Waals surface area contributed by atoms with Crippen molar-refractivity contribution in [3.8, 4) is 6.07 Å². The van der Waals surface area contributed by atoms with Crippen molar-refractivity contribution in [2.75, 3.05) is 0 Å². The molecule has 1 nitrogen and oxygen atoms in total. The van der Waals surface area contributed by atoms with Gasteiger partial charge in [-0.2, -0.15) is 5.26 Å². The first kappa shape index (κ1) is 7.16. The quantitative estimate of drug-likeness (QED) is 0.562. The van der Waals surface area contributed by atoms with Gasteiger partial charge in [0.2, 0.25) is 0 Å². The van der Waals surface area contributed by atoms with Gasteiger partial charge in [-0.3, -0.25) is 0 Å². The first-order valence-electron chi connectivity index (χ1n) is 4.71. The van der Waals surface area contributed by atoms with Crippen molar-refractivity contribution in [2.24, 2.45) is 17.3 Å². The van der Waals surface area contributed by atoms with Crippen LogP contribution in [0.3, 0.4) is 0 Å². The molecule has 0 amide bonds. The highest BCUT2D eigenvalue weighted by Gasteiger charge is 2.57. The summed E-state index contributed by atoms with van der Waals surface area (Å²) in [5.41, 5.74) is 0.135. The van der Waals surface area contributed by atoms with E-state index in [9.17, 15) is 0 Å². The maximum absolute atomic E-state index is 9.04. The van der Waals surface area contributed by atoms with Crippen LogP contribution in [0, 0.1) is 28.6 Å². The second-order valence-corrected chi connectivity index (χ2v) is 4.24. The summed E-state index contributed by atoms with van der Waals surface area (Å²) in [6.45, 7) is 2.22. The number of hydrogen-bond donors (Lipinski definition) is 0. The van der Waals surface area contributed by atoms with Gasteiger partial charge in [0.25, 0.3) is 0 Å². The standard InChI is InChI=1S/C10H15N/c1-8-6-10(8,7-11)9-4-2-3-5-9/h8-9H,2-6H2,1H3. The molecule has 2 rings (SSSR count). The van der Waals surface area contributed by atoms with E-state index < -0.39 is 0 Å². The van der Waals surface area contributed by atoms with Gasteiger partial charge < -0.3 is 0 Å². The number of nitrogens with zero attached hydrogens (tertiary/aromatic N) is 1. The Labute approximate surface area is 68.4 Å². The fraction of sp³-hybridized carbons (Fsp3) is 0.900. The van der Waals surface area contributed by atoms with Gasteiger partial charge in [0, 0.05) is 0 Å². The van der Waals surface area contributed by atoms with Crippen LogP contribution in [0.1, 0.15) is 39.0 Å². The summed E-state index contributed by atoms with van der Waals surface area (Å²) < 4.78 is 0. The highest BCUT2D eigenvalue weighted by Crippen LogP contribution is 2.61. The third kappa shape index (κ3) is 0.888. The Morgan fingerprint density at radius 2 is 1.91 bits per heavy atom. The molecule has 0 spiro atoms. The summed E-state index contributed by atoms with van der Waals surface area (Å²) in [5.74, 6) is 1.44. The van der Waals surface area contributed by atoms with Crippen LogP contribution in [0.2, 0.25) is 0 Å². The number of rotatable bonds is 1. The van der Waals surface area contributed by atoms with E-state index in [0.717, 1.165) is 5.92 Å². The molecule has 0 aromatic heterocycles. The summed E-state index contributed by atoms with van der Waals surface area (Å²) in [6, 6.07) is 2.54. The first-order chi connectivity index (χ1) is 5.29. The predicted octanol–water partition coefficient (Wildman–Crippen LogP) is 2.73. The van der Waals surface area contributed by atoms with Crippen LogP contribution in [0.5, 0.6) is 0 Å². The minimum atomic E-state index is 0.135. The zero-order valence-electron chi connectivity index (χ0n) is 7.14. The number of hydrogen-bond acceptors (Lipinski definition) is 1. The normalized spacial score (nSPS) is 43.8. The van der Waals surface area contributed by atoms with Crippen LogP contribution >= 0.6 is 0 Å². The molecule has 0 N–H and O–H groups in total. The summed E-state index contributed by atoms with van der Waals surface area (Å²) in [7, 11) is 0. The van der Waals surface area contributed by atoms with E-state index in [-0.39, 0.29) is 5.41 Å². The van der Waals surface area contributed by atoms with E-state index in [2.05, 4.69) is 13.0 Å².